The van der Waals surface area contributed by atoms with Gasteiger partial charge in [0.25, 0.3) is 0 Å². The monoisotopic (exact) mass is 453 g/mol. The molecule has 33 heavy (non-hydrogen) atoms. The Morgan fingerprint density at radius 1 is 0.939 bits per heavy atom. The Kier molecular flexibility index (Phi) is 5.79. The van der Waals surface area contributed by atoms with Gasteiger partial charge in [-0.3, -0.25) is 0 Å². The highest BCUT2D eigenvalue weighted by molar-refractivity contribution is 5.88. The van der Waals surface area contributed by atoms with Gasteiger partial charge < -0.3 is 18.9 Å². The summed E-state index contributed by atoms with van der Waals surface area (Å²) in [5.74, 6) is 0.533. The van der Waals surface area contributed by atoms with E-state index in [-0.39, 0.29) is 17.5 Å². The zero-order valence-corrected chi connectivity index (χ0v) is 20.6. The number of benzene rings is 1. The van der Waals surface area contributed by atoms with Gasteiger partial charge in [-0.25, -0.2) is 14.6 Å². The number of amides is 1. The number of likely N-dealkylation sites (tertiary alicyclic amines) is 1. The van der Waals surface area contributed by atoms with E-state index in [0.29, 0.717) is 38.2 Å². The molecule has 178 valence electrons. The second-order valence-electron chi connectivity index (χ2n) is 11.1. The first kappa shape index (κ1) is 23.3. The number of nitrogens with zero attached hydrogens (tertiary/aromatic N) is 3. The van der Waals surface area contributed by atoms with Crippen molar-refractivity contribution in [2.75, 3.05) is 13.1 Å². The van der Waals surface area contributed by atoms with E-state index >= 15 is 0 Å². The Labute approximate surface area is 196 Å². The van der Waals surface area contributed by atoms with Gasteiger partial charge >= 0.3 is 12.1 Å². The molecule has 0 aliphatic carbocycles. The molecule has 1 spiro atoms. The van der Waals surface area contributed by atoms with Crippen molar-refractivity contribution >= 4 is 12.1 Å². The minimum atomic E-state index is -0.577. The smallest absolute Gasteiger partial charge is 0.410 e. The number of fused-ring (bicyclic) bond motifs is 4. The number of hydrogen-bond acceptors (Lipinski definition) is 5. The molecule has 1 aromatic carbocycles. The molecule has 2 aliphatic rings. The van der Waals surface area contributed by atoms with Crippen LogP contribution in [0.15, 0.2) is 30.5 Å². The quantitative estimate of drug-likeness (QED) is 0.585. The molecule has 0 saturated carbocycles. The number of carbonyl (C=O) groups is 2. The summed E-state index contributed by atoms with van der Waals surface area (Å²) in [5, 5.41) is 0. The van der Waals surface area contributed by atoms with Crippen molar-refractivity contribution in [3.05, 3.63) is 53.1 Å². The van der Waals surface area contributed by atoms with Crippen molar-refractivity contribution in [3.63, 3.8) is 0 Å². The van der Waals surface area contributed by atoms with Gasteiger partial charge in [0.15, 0.2) is 0 Å². The number of esters is 1. The maximum absolute atomic E-state index is 13.0. The largest absolute Gasteiger partial charge is 0.455 e. The number of carbonyl (C=O) groups excluding carboxylic acids is 2. The molecule has 0 N–H and O–H groups in total. The maximum atomic E-state index is 13.0. The molecule has 0 radical (unpaired) electrons. The lowest BCUT2D eigenvalue weighted by atomic mass is 9.70. The molecule has 0 atom stereocenters. The van der Waals surface area contributed by atoms with Crippen LogP contribution in [0.4, 0.5) is 4.79 Å². The highest BCUT2D eigenvalue weighted by Gasteiger charge is 2.46. The van der Waals surface area contributed by atoms with Gasteiger partial charge in [0.05, 0.1) is 11.6 Å². The lowest BCUT2D eigenvalue weighted by Gasteiger charge is -2.42. The van der Waals surface area contributed by atoms with Crippen LogP contribution in [0.1, 0.15) is 81.8 Å². The van der Waals surface area contributed by atoms with Gasteiger partial charge in [0.1, 0.15) is 22.7 Å². The van der Waals surface area contributed by atoms with Gasteiger partial charge in [-0.15, -0.1) is 0 Å². The summed E-state index contributed by atoms with van der Waals surface area (Å²) in [4.78, 5) is 32.2. The molecule has 1 aromatic heterocycles. The summed E-state index contributed by atoms with van der Waals surface area (Å²) in [6.07, 6.45) is 3.62. The number of aromatic nitrogens is 2. The number of ether oxygens (including phenoxy) is 2. The van der Waals surface area contributed by atoms with E-state index in [1.54, 1.807) is 11.1 Å². The third kappa shape index (κ3) is 4.63. The van der Waals surface area contributed by atoms with E-state index in [9.17, 15) is 9.59 Å². The van der Waals surface area contributed by atoms with E-state index in [4.69, 9.17) is 14.5 Å². The molecule has 1 fully saturated rings. The number of hydrogen-bond donors (Lipinski definition) is 0. The molecular weight excluding hydrogens is 418 g/mol. The van der Waals surface area contributed by atoms with E-state index in [0.717, 1.165) is 12.2 Å². The Morgan fingerprint density at radius 3 is 2.21 bits per heavy atom. The average Bonchev–Trinajstić information content (AvgIpc) is 3.10. The molecule has 1 amide bonds. The van der Waals surface area contributed by atoms with Crippen molar-refractivity contribution in [1.29, 1.82) is 0 Å². The SMILES string of the molecule is CC(C)(C)OC(=O)c1cnc2n1CCc1ccccc1C21CCN(C(=O)OC(C)(C)C)CC1. The van der Waals surface area contributed by atoms with Crippen LogP contribution in [0.25, 0.3) is 0 Å². The summed E-state index contributed by atoms with van der Waals surface area (Å²) in [6.45, 7) is 13.1. The number of rotatable bonds is 1. The fraction of sp³-hybridized carbons (Fsp3) is 0.577. The number of imidazole rings is 1. The number of piperidine rings is 1. The molecular formula is C26H35N3O4. The van der Waals surface area contributed by atoms with Crippen molar-refractivity contribution < 1.29 is 19.1 Å². The highest BCUT2D eigenvalue weighted by atomic mass is 16.6. The lowest BCUT2D eigenvalue weighted by molar-refractivity contribution is 0.00568. The van der Waals surface area contributed by atoms with Crippen LogP contribution in [-0.4, -0.2) is 50.8 Å². The topological polar surface area (TPSA) is 73.7 Å². The second-order valence-corrected chi connectivity index (χ2v) is 11.1. The third-order valence-electron chi connectivity index (χ3n) is 6.30. The molecule has 3 heterocycles. The van der Waals surface area contributed by atoms with Gasteiger partial charge in [-0.2, -0.15) is 0 Å². The highest BCUT2D eigenvalue weighted by Crippen LogP contribution is 2.45. The molecule has 2 aliphatic heterocycles. The second kappa shape index (κ2) is 8.19. The zero-order chi connectivity index (χ0) is 24.0. The Balaban J connectivity index is 1.70. The summed E-state index contributed by atoms with van der Waals surface area (Å²) in [6, 6.07) is 8.46. The normalized spacial score (nSPS) is 17.7. The van der Waals surface area contributed by atoms with Crippen molar-refractivity contribution in [2.45, 2.75) is 84.0 Å². The summed E-state index contributed by atoms with van der Waals surface area (Å²) in [5.41, 5.74) is 1.52. The first-order valence-electron chi connectivity index (χ1n) is 11.8. The predicted octanol–water partition coefficient (Wildman–Crippen LogP) is 4.71. The average molecular weight is 454 g/mol. The Bertz CT molecular complexity index is 1050. The van der Waals surface area contributed by atoms with Gasteiger partial charge in [0, 0.05) is 19.6 Å². The van der Waals surface area contributed by atoms with Gasteiger partial charge in [0.2, 0.25) is 0 Å². The molecule has 2 aromatic rings. The fourth-order valence-electron chi connectivity index (χ4n) is 4.93. The molecule has 1 saturated heterocycles. The van der Waals surface area contributed by atoms with Crippen LogP contribution in [0.3, 0.4) is 0 Å². The fourth-order valence-corrected chi connectivity index (χ4v) is 4.93. The van der Waals surface area contributed by atoms with Crippen LogP contribution >= 0.6 is 0 Å². The summed E-state index contributed by atoms with van der Waals surface area (Å²) < 4.78 is 13.3. The van der Waals surface area contributed by atoms with E-state index in [2.05, 4.69) is 24.3 Å². The van der Waals surface area contributed by atoms with Crippen LogP contribution in [0.5, 0.6) is 0 Å². The molecule has 7 heteroatoms. The first-order valence-corrected chi connectivity index (χ1v) is 11.8. The summed E-state index contributed by atoms with van der Waals surface area (Å²) >= 11 is 0. The van der Waals surface area contributed by atoms with Gasteiger partial charge in [-0.05, 0) is 71.9 Å². The van der Waals surface area contributed by atoms with Crippen LogP contribution in [0.2, 0.25) is 0 Å². The lowest BCUT2D eigenvalue weighted by Crippen LogP contribution is -2.48. The third-order valence-corrected chi connectivity index (χ3v) is 6.30. The van der Waals surface area contributed by atoms with Crippen molar-refractivity contribution in [3.8, 4) is 0 Å². The maximum Gasteiger partial charge on any atom is 0.410 e. The van der Waals surface area contributed by atoms with E-state index in [1.165, 1.54) is 11.1 Å². The van der Waals surface area contributed by atoms with Crippen LogP contribution in [0, 0.1) is 0 Å². The van der Waals surface area contributed by atoms with Gasteiger partial charge in [-0.1, -0.05) is 24.3 Å². The summed E-state index contributed by atoms with van der Waals surface area (Å²) in [7, 11) is 0. The zero-order valence-electron chi connectivity index (χ0n) is 20.6. The Morgan fingerprint density at radius 2 is 1.58 bits per heavy atom. The van der Waals surface area contributed by atoms with E-state index in [1.807, 2.05) is 46.1 Å². The predicted molar refractivity (Wildman–Crippen MR) is 125 cm³/mol. The molecule has 0 unspecified atom stereocenters. The minimum Gasteiger partial charge on any atom is -0.455 e. The number of aryl methyl sites for hydroxylation is 1. The Hall–Kier alpha value is -2.83. The first-order chi connectivity index (χ1) is 15.4. The van der Waals surface area contributed by atoms with Crippen LogP contribution < -0.4 is 0 Å². The van der Waals surface area contributed by atoms with Crippen molar-refractivity contribution in [2.24, 2.45) is 0 Å². The van der Waals surface area contributed by atoms with E-state index < -0.39 is 11.2 Å². The van der Waals surface area contributed by atoms with Crippen molar-refractivity contribution in [1.82, 2.24) is 14.5 Å². The minimum absolute atomic E-state index is 0.281. The molecule has 7 nitrogen and oxygen atoms in total. The standard InChI is InChI=1S/C26H35N3O4/c1-24(2,3)32-21(30)20-17-27-22-26(19-10-8-7-9-18(19)11-14-29(20)22)12-15-28(16-13-26)23(31)33-25(4,5)6/h7-10,17H,11-16H2,1-6H3. The van der Waals surface area contributed by atoms with Crippen LogP contribution in [-0.2, 0) is 27.9 Å². The molecule has 4 rings (SSSR count). The molecule has 0 bridgehead atoms.